The van der Waals surface area contributed by atoms with Crippen LogP contribution in [0.5, 0.6) is 0 Å². The Morgan fingerprint density at radius 2 is 2.12 bits per heavy atom. The number of benzene rings is 1. The number of pyridine rings is 1. The van der Waals surface area contributed by atoms with Crippen LogP contribution in [0.1, 0.15) is 33.9 Å². The van der Waals surface area contributed by atoms with Crippen LogP contribution in [0, 0.1) is 6.92 Å². The van der Waals surface area contributed by atoms with Crippen molar-refractivity contribution >= 4 is 5.91 Å². The molecule has 2 aromatic heterocycles. The number of hydrogen-bond donors (Lipinski definition) is 1. The monoisotopic (exact) mass is 332 g/mol. The molecule has 3 heterocycles. The zero-order valence-electron chi connectivity index (χ0n) is 14.2. The minimum absolute atomic E-state index is 0.115. The first-order valence-electron chi connectivity index (χ1n) is 8.54. The standard InChI is InChI=1S/C20H20N4O/c1-14-4-2-5-15(8-14)16-9-17(11-21-10-16)20(25)23-13-18-12-22-19-6-3-7-24(18)19/h2,4-5,8-12H,3,6-7,13H2,1H3,(H,23,25). The van der Waals surface area contributed by atoms with Crippen molar-refractivity contribution in [2.75, 3.05) is 0 Å². The first kappa shape index (κ1) is 15.6. The maximum atomic E-state index is 12.5. The molecule has 1 amide bonds. The largest absolute Gasteiger partial charge is 0.346 e. The summed E-state index contributed by atoms with van der Waals surface area (Å²) in [5, 5.41) is 2.98. The molecular formula is C20H20N4O. The third-order valence-electron chi connectivity index (χ3n) is 4.58. The zero-order valence-corrected chi connectivity index (χ0v) is 14.2. The lowest BCUT2D eigenvalue weighted by Gasteiger charge is -2.08. The van der Waals surface area contributed by atoms with Crippen LogP contribution in [0.4, 0.5) is 0 Å². The second kappa shape index (κ2) is 6.51. The molecule has 0 radical (unpaired) electrons. The first-order chi connectivity index (χ1) is 12.2. The third kappa shape index (κ3) is 3.18. The van der Waals surface area contributed by atoms with E-state index in [1.54, 1.807) is 12.4 Å². The minimum Gasteiger partial charge on any atom is -0.346 e. The Kier molecular flexibility index (Phi) is 4.06. The van der Waals surface area contributed by atoms with E-state index in [4.69, 9.17) is 0 Å². The lowest BCUT2D eigenvalue weighted by atomic mass is 10.0. The zero-order chi connectivity index (χ0) is 17.2. The summed E-state index contributed by atoms with van der Waals surface area (Å²) in [4.78, 5) is 21.2. The van der Waals surface area contributed by atoms with E-state index in [0.717, 1.165) is 42.0 Å². The molecule has 1 aromatic carbocycles. The van der Waals surface area contributed by atoms with Crippen molar-refractivity contribution in [2.45, 2.75) is 32.9 Å². The van der Waals surface area contributed by atoms with Crippen molar-refractivity contribution in [3.63, 3.8) is 0 Å². The Morgan fingerprint density at radius 3 is 3.00 bits per heavy atom. The van der Waals surface area contributed by atoms with Gasteiger partial charge in [0.05, 0.1) is 24.0 Å². The molecule has 0 saturated heterocycles. The van der Waals surface area contributed by atoms with Crippen molar-refractivity contribution in [1.82, 2.24) is 19.9 Å². The van der Waals surface area contributed by atoms with Gasteiger partial charge in [0.1, 0.15) is 5.82 Å². The van der Waals surface area contributed by atoms with Crippen LogP contribution in [0.15, 0.2) is 48.9 Å². The molecular weight excluding hydrogens is 312 g/mol. The van der Waals surface area contributed by atoms with E-state index in [1.165, 1.54) is 5.56 Å². The van der Waals surface area contributed by atoms with Gasteiger partial charge < -0.3 is 9.88 Å². The molecule has 1 N–H and O–H groups in total. The van der Waals surface area contributed by atoms with Crippen LogP contribution in [0.2, 0.25) is 0 Å². The highest BCUT2D eigenvalue weighted by Gasteiger charge is 2.16. The Morgan fingerprint density at radius 1 is 1.20 bits per heavy atom. The summed E-state index contributed by atoms with van der Waals surface area (Å²) in [6.45, 7) is 3.53. The molecule has 0 unspecified atom stereocenters. The number of aryl methyl sites for hydroxylation is 2. The van der Waals surface area contributed by atoms with Gasteiger partial charge in [-0.05, 0) is 25.0 Å². The lowest BCUT2D eigenvalue weighted by molar-refractivity contribution is 0.0949. The van der Waals surface area contributed by atoms with Gasteiger partial charge in [0.15, 0.2) is 0 Å². The smallest absolute Gasteiger partial charge is 0.253 e. The Hall–Kier alpha value is -2.95. The van der Waals surface area contributed by atoms with Crippen LogP contribution < -0.4 is 5.32 Å². The number of rotatable bonds is 4. The van der Waals surface area contributed by atoms with Gasteiger partial charge in [-0.2, -0.15) is 0 Å². The molecule has 25 heavy (non-hydrogen) atoms. The molecule has 1 aliphatic heterocycles. The molecule has 1 aliphatic rings. The van der Waals surface area contributed by atoms with Gasteiger partial charge in [-0.25, -0.2) is 4.98 Å². The highest BCUT2D eigenvalue weighted by Crippen LogP contribution is 2.20. The van der Waals surface area contributed by atoms with Gasteiger partial charge in [-0.3, -0.25) is 9.78 Å². The Balaban J connectivity index is 1.49. The average Bonchev–Trinajstić information content (AvgIpc) is 3.24. The quantitative estimate of drug-likeness (QED) is 0.798. The van der Waals surface area contributed by atoms with Gasteiger partial charge in [-0.1, -0.05) is 29.8 Å². The topological polar surface area (TPSA) is 59.8 Å². The van der Waals surface area contributed by atoms with Crippen LogP contribution in [-0.4, -0.2) is 20.4 Å². The molecule has 5 heteroatoms. The van der Waals surface area contributed by atoms with Crippen molar-refractivity contribution in [3.8, 4) is 11.1 Å². The lowest BCUT2D eigenvalue weighted by Crippen LogP contribution is -2.24. The highest BCUT2D eigenvalue weighted by molar-refractivity contribution is 5.95. The normalized spacial score (nSPS) is 12.8. The fourth-order valence-electron chi connectivity index (χ4n) is 3.28. The molecule has 5 nitrogen and oxygen atoms in total. The Labute approximate surface area is 146 Å². The number of carbonyl (C=O) groups is 1. The minimum atomic E-state index is -0.115. The summed E-state index contributed by atoms with van der Waals surface area (Å²) in [5.41, 5.74) is 4.82. The van der Waals surface area contributed by atoms with E-state index < -0.39 is 0 Å². The van der Waals surface area contributed by atoms with Crippen LogP contribution in [0.3, 0.4) is 0 Å². The first-order valence-corrected chi connectivity index (χ1v) is 8.54. The summed E-state index contributed by atoms with van der Waals surface area (Å²) in [7, 11) is 0. The molecule has 4 rings (SSSR count). The van der Waals surface area contributed by atoms with Gasteiger partial charge in [-0.15, -0.1) is 0 Å². The predicted octanol–water partition coefficient (Wildman–Crippen LogP) is 3.13. The maximum Gasteiger partial charge on any atom is 0.253 e. The summed E-state index contributed by atoms with van der Waals surface area (Å²) >= 11 is 0. The van der Waals surface area contributed by atoms with Crippen LogP contribution in [0.25, 0.3) is 11.1 Å². The molecule has 0 saturated carbocycles. The number of imidazole rings is 1. The Bertz CT molecular complexity index is 929. The van der Waals surface area contributed by atoms with Crippen molar-refractivity contribution in [1.29, 1.82) is 0 Å². The molecule has 0 aliphatic carbocycles. The predicted molar refractivity (Wildman–Crippen MR) is 96.1 cm³/mol. The molecule has 126 valence electrons. The SMILES string of the molecule is Cc1cccc(-c2cncc(C(=O)NCc3cnc4n3CCC4)c2)c1. The second-order valence-electron chi connectivity index (χ2n) is 6.44. The number of amides is 1. The van der Waals surface area contributed by atoms with Crippen LogP contribution in [-0.2, 0) is 19.5 Å². The molecule has 3 aromatic rings. The van der Waals surface area contributed by atoms with Crippen molar-refractivity contribution < 1.29 is 4.79 Å². The number of nitrogens with zero attached hydrogens (tertiary/aromatic N) is 3. The summed E-state index contributed by atoms with van der Waals surface area (Å²) in [5.74, 6) is 1.00. The van der Waals surface area contributed by atoms with Gasteiger partial charge in [0.25, 0.3) is 5.91 Å². The van der Waals surface area contributed by atoms with Gasteiger partial charge >= 0.3 is 0 Å². The van der Waals surface area contributed by atoms with Gasteiger partial charge in [0.2, 0.25) is 0 Å². The average molecular weight is 332 g/mol. The third-order valence-corrected chi connectivity index (χ3v) is 4.58. The fourth-order valence-corrected chi connectivity index (χ4v) is 3.28. The number of hydrogen-bond acceptors (Lipinski definition) is 3. The molecule has 0 spiro atoms. The van der Waals surface area contributed by atoms with E-state index in [0.29, 0.717) is 12.1 Å². The fraction of sp³-hybridized carbons (Fsp3) is 0.250. The van der Waals surface area contributed by atoms with E-state index in [1.807, 2.05) is 24.4 Å². The number of aromatic nitrogens is 3. The van der Waals surface area contributed by atoms with E-state index in [2.05, 4.69) is 38.9 Å². The summed E-state index contributed by atoms with van der Waals surface area (Å²) in [6, 6.07) is 10.1. The van der Waals surface area contributed by atoms with Crippen molar-refractivity contribution in [2.24, 2.45) is 0 Å². The van der Waals surface area contributed by atoms with E-state index in [-0.39, 0.29) is 5.91 Å². The van der Waals surface area contributed by atoms with Crippen LogP contribution >= 0.6 is 0 Å². The summed E-state index contributed by atoms with van der Waals surface area (Å²) in [6.07, 6.45) is 7.41. The number of nitrogens with one attached hydrogen (secondary N) is 1. The molecule has 0 fully saturated rings. The molecule has 0 bridgehead atoms. The van der Waals surface area contributed by atoms with Gasteiger partial charge in [0, 0.05) is 30.9 Å². The molecule has 0 atom stereocenters. The highest BCUT2D eigenvalue weighted by atomic mass is 16.1. The van der Waals surface area contributed by atoms with Crippen molar-refractivity contribution in [3.05, 3.63) is 71.6 Å². The summed E-state index contributed by atoms with van der Waals surface area (Å²) < 4.78 is 2.20. The maximum absolute atomic E-state index is 12.5. The number of carbonyl (C=O) groups excluding carboxylic acids is 1. The van der Waals surface area contributed by atoms with E-state index in [9.17, 15) is 4.79 Å². The van der Waals surface area contributed by atoms with E-state index >= 15 is 0 Å². The second-order valence-corrected chi connectivity index (χ2v) is 6.44. The number of fused-ring (bicyclic) bond motifs is 1.